The molecule has 3 N–H and O–H groups in total. The van der Waals surface area contributed by atoms with Gasteiger partial charge in [-0.15, -0.1) is 0 Å². The molecule has 1 aromatic carbocycles. The van der Waals surface area contributed by atoms with Crippen LogP contribution in [0.15, 0.2) is 23.1 Å². The van der Waals surface area contributed by atoms with Gasteiger partial charge in [-0.1, -0.05) is 11.6 Å². The fraction of sp³-hybridized carbons (Fsp3) is 0.500. The Labute approximate surface area is 142 Å². The maximum atomic E-state index is 12.4. The lowest BCUT2D eigenvalue weighted by molar-refractivity contribution is -0.135. The Morgan fingerprint density at radius 2 is 2.08 bits per heavy atom. The van der Waals surface area contributed by atoms with Crippen molar-refractivity contribution in [2.75, 3.05) is 13.1 Å². The highest BCUT2D eigenvalue weighted by Crippen LogP contribution is 2.17. The Kier molecular flexibility index (Phi) is 5.61. The Morgan fingerprint density at radius 3 is 2.71 bits per heavy atom. The minimum absolute atomic E-state index is 0.0228. The monoisotopic (exact) mass is 353 g/mol. The Bertz CT molecular complexity index is 746. The van der Waals surface area contributed by atoms with Gasteiger partial charge in [0.1, 0.15) is 0 Å². The van der Waals surface area contributed by atoms with Gasteiger partial charge in [0, 0.05) is 25.6 Å². The maximum Gasteiger partial charge on any atom is 0.252 e. The van der Waals surface area contributed by atoms with Gasteiger partial charge in [-0.3, -0.25) is 9.59 Å². The second kappa shape index (κ2) is 7.31. The first-order valence-electron chi connectivity index (χ1n) is 7.91. The average Bonchev–Trinajstić information content (AvgIpc) is 2.51. The van der Waals surface area contributed by atoms with Crippen LogP contribution in [0.3, 0.4) is 0 Å². The van der Waals surface area contributed by atoms with Crippen LogP contribution in [0.25, 0.3) is 0 Å². The molecule has 1 aliphatic heterocycles. The summed E-state index contributed by atoms with van der Waals surface area (Å²) in [6.07, 6.45) is 2.39. The standard InChI is InChI=1S/C16H23N3O4S/c1-11-6-7-14(24(17,22)23)13(9-11)16(21)18-10-12(2)19-8-4-3-5-15(19)20/h6-7,9,12H,3-5,8,10H2,1-2H3,(H,18,21)(H2,17,22,23). The van der Waals surface area contributed by atoms with Gasteiger partial charge in [0.05, 0.1) is 10.5 Å². The number of carbonyl (C=O) groups is 2. The molecule has 0 spiro atoms. The van der Waals surface area contributed by atoms with Crippen molar-refractivity contribution in [3.8, 4) is 0 Å². The zero-order valence-corrected chi connectivity index (χ0v) is 14.7. The number of amides is 2. The molecule has 1 aromatic rings. The molecule has 0 aliphatic carbocycles. The predicted octanol–water partition coefficient (Wildman–Crippen LogP) is 0.773. The lowest BCUT2D eigenvalue weighted by Crippen LogP contribution is -2.47. The van der Waals surface area contributed by atoms with Crippen molar-refractivity contribution in [2.45, 2.75) is 44.0 Å². The summed E-state index contributed by atoms with van der Waals surface area (Å²) in [4.78, 5) is 25.8. The van der Waals surface area contributed by atoms with E-state index in [1.165, 1.54) is 12.1 Å². The molecule has 132 valence electrons. The van der Waals surface area contributed by atoms with Gasteiger partial charge < -0.3 is 10.2 Å². The quantitative estimate of drug-likeness (QED) is 0.815. The minimum Gasteiger partial charge on any atom is -0.350 e. The van der Waals surface area contributed by atoms with Crippen LogP contribution in [0, 0.1) is 6.92 Å². The van der Waals surface area contributed by atoms with Gasteiger partial charge in [-0.2, -0.15) is 0 Å². The van der Waals surface area contributed by atoms with E-state index < -0.39 is 15.9 Å². The molecule has 1 unspecified atom stereocenters. The van der Waals surface area contributed by atoms with Crippen molar-refractivity contribution >= 4 is 21.8 Å². The summed E-state index contributed by atoms with van der Waals surface area (Å²) in [6, 6.07) is 4.26. The first-order chi connectivity index (χ1) is 11.2. The normalized spacial score (nSPS) is 16.8. The molecule has 1 aliphatic rings. The number of nitrogens with two attached hydrogens (primary N) is 1. The molecule has 2 rings (SSSR count). The van der Waals surface area contributed by atoms with Crippen LogP contribution < -0.4 is 10.5 Å². The molecule has 0 bridgehead atoms. The third kappa shape index (κ3) is 4.33. The number of nitrogens with one attached hydrogen (secondary N) is 1. The zero-order chi connectivity index (χ0) is 17.9. The highest BCUT2D eigenvalue weighted by molar-refractivity contribution is 7.89. The highest BCUT2D eigenvalue weighted by atomic mass is 32.2. The molecular weight excluding hydrogens is 330 g/mol. The van der Waals surface area contributed by atoms with Crippen LogP contribution in [-0.2, 0) is 14.8 Å². The van der Waals surface area contributed by atoms with Crippen LogP contribution in [0.1, 0.15) is 42.1 Å². The van der Waals surface area contributed by atoms with Crippen LogP contribution in [0.5, 0.6) is 0 Å². The predicted molar refractivity (Wildman–Crippen MR) is 89.9 cm³/mol. The van der Waals surface area contributed by atoms with Crippen molar-refractivity contribution in [3.63, 3.8) is 0 Å². The Hall–Kier alpha value is -1.93. The number of hydrogen-bond donors (Lipinski definition) is 2. The molecule has 24 heavy (non-hydrogen) atoms. The Balaban J connectivity index is 2.10. The van der Waals surface area contributed by atoms with E-state index in [1.807, 2.05) is 6.92 Å². The van der Waals surface area contributed by atoms with Crippen LogP contribution in [-0.4, -0.2) is 44.3 Å². The van der Waals surface area contributed by atoms with Crippen LogP contribution >= 0.6 is 0 Å². The summed E-state index contributed by atoms with van der Waals surface area (Å²) in [5, 5.41) is 7.88. The number of hydrogen-bond acceptors (Lipinski definition) is 4. The van der Waals surface area contributed by atoms with E-state index in [0.717, 1.165) is 18.4 Å². The minimum atomic E-state index is -3.99. The molecule has 0 aromatic heterocycles. The van der Waals surface area contributed by atoms with Gasteiger partial charge in [0.15, 0.2) is 0 Å². The molecule has 1 fully saturated rings. The molecule has 8 heteroatoms. The van der Waals surface area contributed by atoms with E-state index in [4.69, 9.17) is 5.14 Å². The van der Waals surface area contributed by atoms with Gasteiger partial charge in [-0.25, -0.2) is 13.6 Å². The number of nitrogens with zero attached hydrogens (tertiary/aromatic N) is 1. The zero-order valence-electron chi connectivity index (χ0n) is 13.9. The molecule has 7 nitrogen and oxygen atoms in total. The number of aryl methyl sites for hydroxylation is 1. The maximum absolute atomic E-state index is 12.4. The molecule has 1 saturated heterocycles. The van der Waals surface area contributed by atoms with Crippen molar-refractivity contribution in [1.29, 1.82) is 0 Å². The smallest absolute Gasteiger partial charge is 0.252 e. The van der Waals surface area contributed by atoms with E-state index >= 15 is 0 Å². The average molecular weight is 353 g/mol. The van der Waals surface area contributed by atoms with E-state index in [0.29, 0.717) is 13.0 Å². The molecule has 2 amide bonds. The van der Waals surface area contributed by atoms with Crippen molar-refractivity contribution in [2.24, 2.45) is 5.14 Å². The number of rotatable bonds is 5. The van der Waals surface area contributed by atoms with E-state index in [2.05, 4.69) is 5.32 Å². The summed E-state index contributed by atoms with van der Waals surface area (Å²) < 4.78 is 23.3. The van der Waals surface area contributed by atoms with Gasteiger partial charge in [-0.05, 0) is 38.8 Å². The lowest BCUT2D eigenvalue weighted by Gasteiger charge is -2.32. The number of piperidine rings is 1. The third-order valence-electron chi connectivity index (χ3n) is 4.14. The molecule has 0 saturated carbocycles. The Morgan fingerprint density at radius 1 is 1.38 bits per heavy atom. The summed E-state index contributed by atoms with van der Waals surface area (Å²) in [7, 11) is -3.99. The van der Waals surface area contributed by atoms with Crippen molar-refractivity contribution < 1.29 is 18.0 Å². The summed E-state index contributed by atoms with van der Waals surface area (Å²) in [5.41, 5.74) is 0.779. The van der Waals surface area contributed by atoms with Crippen molar-refractivity contribution in [1.82, 2.24) is 10.2 Å². The van der Waals surface area contributed by atoms with Gasteiger partial charge in [0.2, 0.25) is 15.9 Å². The number of likely N-dealkylation sites (tertiary alicyclic amines) is 1. The van der Waals surface area contributed by atoms with Crippen LogP contribution in [0.2, 0.25) is 0 Å². The second-order valence-corrected chi connectivity index (χ2v) is 7.68. The second-order valence-electron chi connectivity index (χ2n) is 6.15. The fourth-order valence-electron chi connectivity index (χ4n) is 2.81. The molecule has 1 heterocycles. The largest absolute Gasteiger partial charge is 0.350 e. The van der Waals surface area contributed by atoms with E-state index in [-0.39, 0.29) is 29.0 Å². The van der Waals surface area contributed by atoms with Crippen LogP contribution in [0.4, 0.5) is 0 Å². The third-order valence-corrected chi connectivity index (χ3v) is 5.11. The highest BCUT2D eigenvalue weighted by Gasteiger charge is 2.24. The van der Waals surface area contributed by atoms with E-state index in [9.17, 15) is 18.0 Å². The van der Waals surface area contributed by atoms with Crippen molar-refractivity contribution in [3.05, 3.63) is 29.3 Å². The topological polar surface area (TPSA) is 110 Å². The first-order valence-corrected chi connectivity index (χ1v) is 9.46. The lowest BCUT2D eigenvalue weighted by atomic mass is 10.1. The molecule has 0 radical (unpaired) electrons. The van der Waals surface area contributed by atoms with Gasteiger partial charge in [0.25, 0.3) is 5.91 Å². The SMILES string of the molecule is Cc1ccc(S(N)(=O)=O)c(C(=O)NCC(C)N2CCCCC2=O)c1. The number of primary sulfonamides is 1. The molecule has 1 atom stereocenters. The first kappa shape index (κ1) is 18.4. The summed E-state index contributed by atoms with van der Waals surface area (Å²) in [5.74, 6) is -0.428. The summed E-state index contributed by atoms with van der Waals surface area (Å²) in [6.45, 7) is 4.56. The van der Waals surface area contributed by atoms with Gasteiger partial charge >= 0.3 is 0 Å². The van der Waals surface area contributed by atoms with E-state index in [1.54, 1.807) is 17.9 Å². The number of carbonyl (C=O) groups excluding carboxylic acids is 2. The summed E-state index contributed by atoms with van der Waals surface area (Å²) >= 11 is 0. The number of benzene rings is 1. The fourth-order valence-corrected chi connectivity index (χ4v) is 3.52. The number of sulfonamides is 1. The molecular formula is C16H23N3O4S.